The molecule has 0 saturated carbocycles. The average Bonchev–Trinajstić information content (AvgIpc) is 2.63. The molecule has 134 valence electrons. The summed E-state index contributed by atoms with van der Waals surface area (Å²) in [5.74, 6) is 0.485. The summed E-state index contributed by atoms with van der Waals surface area (Å²) in [5.41, 5.74) is 1.02. The normalized spacial score (nSPS) is 11.4. The lowest BCUT2D eigenvalue weighted by Gasteiger charge is -2.28. The van der Waals surface area contributed by atoms with E-state index in [1.54, 1.807) is 24.3 Å². The predicted molar refractivity (Wildman–Crippen MR) is 103 cm³/mol. The van der Waals surface area contributed by atoms with E-state index in [1.165, 1.54) is 0 Å². The molecule has 0 fully saturated rings. The average molecular weight is 341 g/mol. The van der Waals surface area contributed by atoms with Gasteiger partial charge < -0.3 is 9.47 Å². The molecule has 0 saturated heterocycles. The SMILES string of the molecule is C=CCOC(=O)[C@H](Cc1ccc(OCC=C)cc1)N(CC=C)CC=C. The fraction of sp³-hybridized carbons (Fsp3) is 0.286. The van der Waals surface area contributed by atoms with Crippen LogP contribution < -0.4 is 4.74 Å². The third kappa shape index (κ3) is 7.23. The van der Waals surface area contributed by atoms with Crippen LogP contribution in [0.3, 0.4) is 0 Å². The summed E-state index contributed by atoms with van der Waals surface area (Å²) in [5, 5.41) is 0. The standard InChI is InChI=1S/C21H27NO3/c1-5-13-22(14-6-2)20(21(23)25-16-8-4)17-18-9-11-19(12-10-18)24-15-7-3/h5-12,20H,1-4,13-17H2/t20-/m0/s1. The summed E-state index contributed by atoms with van der Waals surface area (Å²) < 4.78 is 10.8. The second-order valence-electron chi connectivity index (χ2n) is 5.41. The van der Waals surface area contributed by atoms with E-state index in [4.69, 9.17) is 9.47 Å². The summed E-state index contributed by atoms with van der Waals surface area (Å²) >= 11 is 0. The maximum absolute atomic E-state index is 12.5. The van der Waals surface area contributed by atoms with Gasteiger partial charge in [0.05, 0.1) is 0 Å². The molecular formula is C21H27NO3. The van der Waals surface area contributed by atoms with E-state index >= 15 is 0 Å². The summed E-state index contributed by atoms with van der Waals surface area (Å²) in [6.45, 7) is 16.5. The van der Waals surface area contributed by atoms with Crippen LogP contribution in [0, 0.1) is 0 Å². The summed E-state index contributed by atoms with van der Waals surface area (Å²) in [4.78, 5) is 14.5. The molecule has 1 atom stereocenters. The molecule has 0 aliphatic carbocycles. The summed E-state index contributed by atoms with van der Waals surface area (Å²) in [6, 6.07) is 7.25. The van der Waals surface area contributed by atoms with Crippen molar-refractivity contribution in [1.29, 1.82) is 0 Å². The lowest BCUT2D eigenvalue weighted by molar-refractivity contribution is -0.148. The molecule has 0 spiro atoms. The van der Waals surface area contributed by atoms with Crippen molar-refractivity contribution >= 4 is 5.97 Å². The second kappa shape index (κ2) is 11.9. The fourth-order valence-electron chi connectivity index (χ4n) is 2.36. The molecule has 4 heteroatoms. The van der Waals surface area contributed by atoms with E-state index in [0.29, 0.717) is 26.1 Å². The van der Waals surface area contributed by atoms with Gasteiger partial charge in [0, 0.05) is 13.1 Å². The van der Waals surface area contributed by atoms with Crippen molar-refractivity contribution in [3.63, 3.8) is 0 Å². The van der Waals surface area contributed by atoms with E-state index in [0.717, 1.165) is 11.3 Å². The van der Waals surface area contributed by atoms with Gasteiger partial charge in [-0.05, 0) is 24.1 Å². The minimum atomic E-state index is -0.420. The molecule has 0 aromatic heterocycles. The molecule has 0 N–H and O–H groups in total. The monoisotopic (exact) mass is 341 g/mol. The number of hydrogen-bond donors (Lipinski definition) is 0. The summed E-state index contributed by atoms with van der Waals surface area (Å²) in [7, 11) is 0. The Morgan fingerprint density at radius 1 is 0.960 bits per heavy atom. The molecule has 0 radical (unpaired) electrons. The number of ether oxygens (including phenoxy) is 2. The molecule has 0 heterocycles. The van der Waals surface area contributed by atoms with Crippen LogP contribution in [0.2, 0.25) is 0 Å². The highest BCUT2D eigenvalue weighted by Crippen LogP contribution is 2.16. The highest BCUT2D eigenvalue weighted by molar-refractivity contribution is 5.76. The van der Waals surface area contributed by atoms with Crippen LogP contribution in [0.5, 0.6) is 5.75 Å². The Morgan fingerprint density at radius 2 is 1.56 bits per heavy atom. The van der Waals surface area contributed by atoms with E-state index in [2.05, 4.69) is 26.3 Å². The van der Waals surface area contributed by atoms with Crippen LogP contribution in [-0.4, -0.2) is 43.2 Å². The van der Waals surface area contributed by atoms with Crippen LogP contribution in [0.15, 0.2) is 74.9 Å². The summed E-state index contributed by atoms with van der Waals surface area (Å²) in [6.07, 6.45) is 7.32. The Balaban J connectivity index is 2.91. The number of nitrogens with zero attached hydrogens (tertiary/aromatic N) is 1. The van der Waals surface area contributed by atoms with Crippen LogP contribution in [0.25, 0.3) is 0 Å². The van der Waals surface area contributed by atoms with Gasteiger partial charge in [0.1, 0.15) is 25.0 Å². The van der Waals surface area contributed by atoms with Crippen molar-refractivity contribution in [2.45, 2.75) is 12.5 Å². The zero-order valence-electron chi connectivity index (χ0n) is 14.7. The van der Waals surface area contributed by atoms with Crippen molar-refractivity contribution < 1.29 is 14.3 Å². The number of rotatable bonds is 13. The minimum Gasteiger partial charge on any atom is -0.490 e. The highest BCUT2D eigenvalue weighted by atomic mass is 16.5. The van der Waals surface area contributed by atoms with Gasteiger partial charge in [-0.15, -0.1) is 13.2 Å². The van der Waals surface area contributed by atoms with E-state index in [1.807, 2.05) is 29.2 Å². The van der Waals surface area contributed by atoms with Gasteiger partial charge in [-0.25, -0.2) is 0 Å². The molecule has 4 nitrogen and oxygen atoms in total. The van der Waals surface area contributed by atoms with E-state index in [-0.39, 0.29) is 12.6 Å². The zero-order valence-corrected chi connectivity index (χ0v) is 14.7. The third-order valence-corrected chi connectivity index (χ3v) is 3.50. The quantitative estimate of drug-likeness (QED) is 0.406. The van der Waals surface area contributed by atoms with Gasteiger partial charge in [0.15, 0.2) is 0 Å². The van der Waals surface area contributed by atoms with Crippen molar-refractivity contribution in [2.75, 3.05) is 26.3 Å². The van der Waals surface area contributed by atoms with Crippen molar-refractivity contribution in [1.82, 2.24) is 4.90 Å². The zero-order chi connectivity index (χ0) is 18.5. The van der Waals surface area contributed by atoms with Crippen LogP contribution in [-0.2, 0) is 16.0 Å². The molecule has 0 bridgehead atoms. The predicted octanol–water partition coefficient (Wildman–Crippen LogP) is 3.57. The van der Waals surface area contributed by atoms with Crippen molar-refractivity contribution in [2.24, 2.45) is 0 Å². The molecule has 0 unspecified atom stereocenters. The Labute approximate surface area is 150 Å². The molecular weight excluding hydrogens is 314 g/mol. The van der Waals surface area contributed by atoms with Crippen LogP contribution >= 0.6 is 0 Å². The van der Waals surface area contributed by atoms with Gasteiger partial charge in [0.2, 0.25) is 0 Å². The van der Waals surface area contributed by atoms with E-state index < -0.39 is 6.04 Å². The lowest BCUT2D eigenvalue weighted by atomic mass is 10.0. The van der Waals surface area contributed by atoms with Gasteiger partial charge in [-0.3, -0.25) is 9.69 Å². The molecule has 0 aliphatic heterocycles. The first-order valence-corrected chi connectivity index (χ1v) is 8.22. The Hall–Kier alpha value is -2.59. The number of benzene rings is 1. The third-order valence-electron chi connectivity index (χ3n) is 3.50. The van der Waals surface area contributed by atoms with Crippen LogP contribution in [0.4, 0.5) is 0 Å². The van der Waals surface area contributed by atoms with Gasteiger partial charge in [-0.1, -0.05) is 49.6 Å². The minimum absolute atomic E-state index is 0.194. The van der Waals surface area contributed by atoms with Crippen molar-refractivity contribution in [3.05, 3.63) is 80.4 Å². The first-order chi connectivity index (χ1) is 12.2. The Morgan fingerprint density at radius 3 is 2.08 bits per heavy atom. The topological polar surface area (TPSA) is 38.8 Å². The number of esters is 1. The molecule has 0 aliphatic rings. The Kier molecular flexibility index (Phi) is 9.71. The maximum Gasteiger partial charge on any atom is 0.324 e. The van der Waals surface area contributed by atoms with Crippen LogP contribution in [0.1, 0.15) is 5.56 Å². The number of carbonyl (C=O) groups excluding carboxylic acids is 1. The first-order valence-electron chi connectivity index (χ1n) is 8.22. The molecule has 0 amide bonds. The molecule has 1 aromatic rings. The molecule has 1 aromatic carbocycles. The van der Waals surface area contributed by atoms with E-state index in [9.17, 15) is 4.79 Å². The molecule has 25 heavy (non-hydrogen) atoms. The maximum atomic E-state index is 12.5. The van der Waals surface area contributed by atoms with Crippen molar-refractivity contribution in [3.8, 4) is 5.75 Å². The largest absolute Gasteiger partial charge is 0.490 e. The van der Waals surface area contributed by atoms with Gasteiger partial charge in [0.25, 0.3) is 0 Å². The van der Waals surface area contributed by atoms with Gasteiger partial charge in [-0.2, -0.15) is 0 Å². The first kappa shape index (κ1) is 20.5. The second-order valence-corrected chi connectivity index (χ2v) is 5.41. The lowest BCUT2D eigenvalue weighted by Crippen LogP contribution is -2.44. The fourth-order valence-corrected chi connectivity index (χ4v) is 2.36. The number of carbonyl (C=O) groups is 1. The smallest absolute Gasteiger partial charge is 0.324 e. The number of hydrogen-bond acceptors (Lipinski definition) is 4. The van der Waals surface area contributed by atoms with Gasteiger partial charge >= 0.3 is 5.97 Å². The Bertz CT molecular complexity index is 567. The highest BCUT2D eigenvalue weighted by Gasteiger charge is 2.26. The molecule has 1 rings (SSSR count).